The van der Waals surface area contributed by atoms with Crippen molar-refractivity contribution in [3.63, 3.8) is 0 Å². The summed E-state index contributed by atoms with van der Waals surface area (Å²) in [6.45, 7) is 2.28. The molecule has 28 heavy (non-hydrogen) atoms. The van der Waals surface area contributed by atoms with Gasteiger partial charge in [-0.1, -0.05) is 30.3 Å². The van der Waals surface area contributed by atoms with Crippen LogP contribution in [0.5, 0.6) is 0 Å². The average molecular weight is 382 g/mol. The van der Waals surface area contributed by atoms with E-state index in [4.69, 9.17) is 4.74 Å². The molecule has 0 spiro atoms. The van der Waals surface area contributed by atoms with Crippen LogP contribution in [0.25, 0.3) is 0 Å². The van der Waals surface area contributed by atoms with Crippen molar-refractivity contribution < 1.29 is 19.1 Å². The summed E-state index contributed by atoms with van der Waals surface area (Å²) >= 11 is 0. The minimum Gasteiger partial charge on any atom is -0.465 e. The van der Waals surface area contributed by atoms with Gasteiger partial charge in [-0.3, -0.25) is 14.9 Å². The summed E-state index contributed by atoms with van der Waals surface area (Å²) in [4.78, 5) is 41.5. The van der Waals surface area contributed by atoms with E-state index in [-0.39, 0.29) is 30.8 Å². The van der Waals surface area contributed by atoms with Gasteiger partial charge in [-0.2, -0.15) is 0 Å². The molecule has 2 heterocycles. The van der Waals surface area contributed by atoms with Crippen LogP contribution in [-0.4, -0.2) is 42.6 Å². The van der Waals surface area contributed by atoms with Gasteiger partial charge in [0.1, 0.15) is 12.4 Å². The standard InChI is InChI=1S/C20H22N4O4/c1-2-28-19(26)12-22-20(27)23-17-11-16(8-9-21-17)24-13-15(10-18(24)25)14-6-4-3-5-7-14/h3-9,11,15H,2,10,12-13H2,1H3,(H2,21,22,23,27). The fourth-order valence-corrected chi connectivity index (χ4v) is 3.09. The van der Waals surface area contributed by atoms with Crippen molar-refractivity contribution in [2.75, 3.05) is 29.9 Å². The first-order valence-electron chi connectivity index (χ1n) is 9.08. The Bertz CT molecular complexity index is 856. The first kappa shape index (κ1) is 19.3. The number of nitrogens with one attached hydrogen (secondary N) is 2. The third kappa shape index (κ3) is 4.85. The summed E-state index contributed by atoms with van der Waals surface area (Å²) in [5.74, 6) is -0.0762. The summed E-state index contributed by atoms with van der Waals surface area (Å²) in [6.07, 6.45) is 1.97. The van der Waals surface area contributed by atoms with E-state index in [1.165, 1.54) is 6.20 Å². The smallest absolute Gasteiger partial charge is 0.325 e. The number of benzene rings is 1. The highest BCUT2D eigenvalue weighted by Crippen LogP contribution is 2.32. The lowest BCUT2D eigenvalue weighted by Gasteiger charge is -2.17. The van der Waals surface area contributed by atoms with E-state index in [9.17, 15) is 14.4 Å². The van der Waals surface area contributed by atoms with Gasteiger partial charge in [0.25, 0.3) is 0 Å². The fourth-order valence-electron chi connectivity index (χ4n) is 3.09. The van der Waals surface area contributed by atoms with Gasteiger partial charge in [0.05, 0.1) is 6.61 Å². The lowest BCUT2D eigenvalue weighted by atomic mass is 9.99. The summed E-state index contributed by atoms with van der Waals surface area (Å²) in [5.41, 5.74) is 1.79. The summed E-state index contributed by atoms with van der Waals surface area (Å²) in [7, 11) is 0. The van der Waals surface area contributed by atoms with Crippen molar-refractivity contribution in [3.8, 4) is 0 Å². The van der Waals surface area contributed by atoms with Crippen LogP contribution in [-0.2, 0) is 14.3 Å². The van der Waals surface area contributed by atoms with Crippen molar-refractivity contribution in [1.29, 1.82) is 0 Å². The molecule has 1 aliphatic heterocycles. The van der Waals surface area contributed by atoms with Crippen LogP contribution in [0.3, 0.4) is 0 Å². The lowest BCUT2D eigenvalue weighted by Crippen LogP contribution is -2.34. The molecule has 1 atom stereocenters. The topological polar surface area (TPSA) is 101 Å². The molecule has 0 bridgehead atoms. The molecule has 146 valence electrons. The van der Waals surface area contributed by atoms with E-state index in [0.717, 1.165) is 5.56 Å². The van der Waals surface area contributed by atoms with Gasteiger partial charge >= 0.3 is 12.0 Å². The van der Waals surface area contributed by atoms with Gasteiger partial charge < -0.3 is 15.0 Å². The SMILES string of the molecule is CCOC(=O)CNC(=O)Nc1cc(N2CC(c3ccccc3)CC2=O)ccn1. The van der Waals surface area contributed by atoms with Crippen LogP contribution in [0.1, 0.15) is 24.8 Å². The molecule has 1 saturated heterocycles. The Morgan fingerprint density at radius 3 is 2.79 bits per heavy atom. The largest absolute Gasteiger partial charge is 0.465 e. The molecule has 8 heteroatoms. The molecule has 1 fully saturated rings. The normalized spacial score (nSPS) is 16.0. The number of anilines is 2. The average Bonchev–Trinajstić information content (AvgIpc) is 3.09. The van der Waals surface area contributed by atoms with Crippen LogP contribution >= 0.6 is 0 Å². The molecule has 2 aromatic rings. The summed E-state index contributed by atoms with van der Waals surface area (Å²) < 4.78 is 4.75. The summed E-state index contributed by atoms with van der Waals surface area (Å²) in [5, 5.41) is 4.95. The second-order valence-electron chi connectivity index (χ2n) is 6.33. The van der Waals surface area contributed by atoms with Crippen LogP contribution in [0, 0.1) is 0 Å². The highest BCUT2D eigenvalue weighted by atomic mass is 16.5. The molecule has 1 aromatic carbocycles. The van der Waals surface area contributed by atoms with Crippen molar-refractivity contribution in [2.24, 2.45) is 0 Å². The van der Waals surface area contributed by atoms with Crippen LogP contribution in [0.2, 0.25) is 0 Å². The third-order valence-corrected chi connectivity index (χ3v) is 4.39. The van der Waals surface area contributed by atoms with Crippen molar-refractivity contribution >= 4 is 29.4 Å². The van der Waals surface area contributed by atoms with Crippen molar-refractivity contribution in [3.05, 3.63) is 54.2 Å². The number of hydrogen-bond donors (Lipinski definition) is 2. The number of carbonyl (C=O) groups excluding carboxylic acids is 3. The van der Waals surface area contributed by atoms with Crippen molar-refractivity contribution in [2.45, 2.75) is 19.3 Å². The van der Waals surface area contributed by atoms with Gasteiger partial charge in [-0.15, -0.1) is 0 Å². The Labute approximate surface area is 162 Å². The maximum Gasteiger partial charge on any atom is 0.325 e. The van der Waals surface area contributed by atoms with Crippen LogP contribution < -0.4 is 15.5 Å². The number of amides is 3. The monoisotopic (exact) mass is 382 g/mol. The number of urea groups is 1. The van der Waals surface area contributed by atoms with E-state index >= 15 is 0 Å². The Hall–Kier alpha value is -3.42. The minimum atomic E-state index is -0.576. The van der Waals surface area contributed by atoms with Crippen LogP contribution in [0.15, 0.2) is 48.7 Å². The van der Waals surface area contributed by atoms with E-state index in [1.54, 1.807) is 24.0 Å². The molecular formula is C20H22N4O4. The van der Waals surface area contributed by atoms with E-state index in [1.807, 2.05) is 30.3 Å². The van der Waals surface area contributed by atoms with E-state index in [2.05, 4.69) is 15.6 Å². The van der Waals surface area contributed by atoms with Crippen molar-refractivity contribution in [1.82, 2.24) is 10.3 Å². The number of ether oxygens (including phenoxy) is 1. The molecule has 0 radical (unpaired) electrons. The zero-order valence-corrected chi connectivity index (χ0v) is 15.6. The molecular weight excluding hydrogens is 360 g/mol. The van der Waals surface area contributed by atoms with E-state index < -0.39 is 12.0 Å². The second kappa shape index (κ2) is 8.98. The maximum absolute atomic E-state index is 12.5. The highest BCUT2D eigenvalue weighted by Gasteiger charge is 2.31. The van der Waals surface area contributed by atoms with Crippen LogP contribution in [0.4, 0.5) is 16.3 Å². The molecule has 1 unspecified atom stereocenters. The van der Waals surface area contributed by atoms with Gasteiger partial charge in [-0.05, 0) is 18.6 Å². The Morgan fingerprint density at radius 1 is 1.25 bits per heavy atom. The zero-order chi connectivity index (χ0) is 19.9. The first-order chi connectivity index (χ1) is 13.6. The maximum atomic E-state index is 12.5. The van der Waals surface area contributed by atoms with Gasteiger partial charge in [0, 0.05) is 36.8 Å². The molecule has 1 aliphatic rings. The number of carbonyl (C=O) groups is 3. The third-order valence-electron chi connectivity index (χ3n) is 4.39. The molecule has 8 nitrogen and oxygen atoms in total. The number of aromatic nitrogens is 1. The van der Waals surface area contributed by atoms with Gasteiger partial charge in [0.15, 0.2) is 0 Å². The summed E-state index contributed by atoms with van der Waals surface area (Å²) in [6, 6.07) is 12.7. The molecule has 3 amide bonds. The predicted octanol–water partition coefficient (Wildman–Crippen LogP) is 2.29. The second-order valence-corrected chi connectivity index (χ2v) is 6.33. The number of hydrogen-bond acceptors (Lipinski definition) is 5. The number of rotatable bonds is 6. The molecule has 1 aromatic heterocycles. The Balaban J connectivity index is 1.62. The minimum absolute atomic E-state index is 0.0257. The first-order valence-corrected chi connectivity index (χ1v) is 9.08. The zero-order valence-electron chi connectivity index (χ0n) is 15.6. The number of nitrogens with zero attached hydrogens (tertiary/aromatic N) is 2. The Morgan fingerprint density at radius 2 is 2.04 bits per heavy atom. The Kier molecular flexibility index (Phi) is 6.21. The van der Waals surface area contributed by atoms with E-state index in [0.29, 0.717) is 18.7 Å². The van der Waals surface area contributed by atoms with Gasteiger partial charge in [0.2, 0.25) is 5.91 Å². The quantitative estimate of drug-likeness (QED) is 0.747. The number of pyridine rings is 1. The highest BCUT2D eigenvalue weighted by molar-refractivity contribution is 5.97. The molecule has 3 rings (SSSR count). The molecule has 0 aliphatic carbocycles. The van der Waals surface area contributed by atoms with Gasteiger partial charge in [-0.25, -0.2) is 9.78 Å². The fraction of sp³-hybridized carbons (Fsp3) is 0.300. The molecule has 0 saturated carbocycles. The number of esters is 1. The lowest BCUT2D eigenvalue weighted by molar-refractivity contribution is -0.141. The molecule has 2 N–H and O–H groups in total. The predicted molar refractivity (Wildman–Crippen MR) is 104 cm³/mol.